The van der Waals surface area contributed by atoms with Crippen LogP contribution in [0.15, 0.2) is 79.1 Å². The summed E-state index contributed by atoms with van der Waals surface area (Å²) in [6.45, 7) is 5.15. The second-order valence-corrected chi connectivity index (χ2v) is 9.45. The molecule has 5 rings (SSSR count). The summed E-state index contributed by atoms with van der Waals surface area (Å²) in [5.74, 6) is 0.292. The fourth-order valence-electron chi connectivity index (χ4n) is 5.09. The van der Waals surface area contributed by atoms with E-state index in [2.05, 4.69) is 69.4 Å². The molecule has 164 valence electrons. The van der Waals surface area contributed by atoms with Crippen molar-refractivity contribution in [1.82, 2.24) is 14.8 Å². The molecule has 1 amide bonds. The van der Waals surface area contributed by atoms with Crippen LogP contribution >= 0.6 is 0 Å². The Balaban J connectivity index is 1.06. The first-order valence-electron chi connectivity index (χ1n) is 11.7. The third-order valence-electron chi connectivity index (χ3n) is 7.14. The number of hydrogen-bond acceptors (Lipinski definition) is 3. The van der Waals surface area contributed by atoms with Crippen LogP contribution in [0.5, 0.6) is 0 Å². The van der Waals surface area contributed by atoms with E-state index in [9.17, 15) is 4.79 Å². The van der Waals surface area contributed by atoms with Gasteiger partial charge in [-0.15, -0.1) is 0 Å². The summed E-state index contributed by atoms with van der Waals surface area (Å²) in [7, 11) is 0. The predicted octanol–water partition coefficient (Wildman–Crippen LogP) is 4.81. The molecule has 0 saturated carbocycles. The molecule has 4 nitrogen and oxygen atoms in total. The first-order valence-corrected chi connectivity index (χ1v) is 11.7. The van der Waals surface area contributed by atoms with Gasteiger partial charge in [0.15, 0.2) is 0 Å². The van der Waals surface area contributed by atoms with Crippen molar-refractivity contribution in [2.24, 2.45) is 5.41 Å². The Kier molecular flexibility index (Phi) is 6.04. The first-order chi connectivity index (χ1) is 15.7. The Bertz CT molecular complexity index is 1020. The van der Waals surface area contributed by atoms with Gasteiger partial charge in [0.25, 0.3) is 0 Å². The zero-order valence-electron chi connectivity index (χ0n) is 18.6. The first kappa shape index (κ1) is 20.9. The van der Waals surface area contributed by atoms with Gasteiger partial charge in [-0.2, -0.15) is 0 Å². The number of likely N-dealkylation sites (tertiary alicyclic amines) is 2. The van der Waals surface area contributed by atoms with Crippen LogP contribution in [0.4, 0.5) is 0 Å². The van der Waals surface area contributed by atoms with E-state index in [4.69, 9.17) is 0 Å². The topological polar surface area (TPSA) is 36.4 Å². The number of carbonyl (C=O) groups is 1. The van der Waals surface area contributed by atoms with Crippen molar-refractivity contribution < 1.29 is 4.79 Å². The van der Waals surface area contributed by atoms with Gasteiger partial charge >= 0.3 is 0 Å². The quantitative estimate of drug-likeness (QED) is 0.569. The van der Waals surface area contributed by atoms with Crippen molar-refractivity contribution in [2.45, 2.75) is 32.2 Å². The number of hydrogen-bond donors (Lipinski definition) is 0. The highest BCUT2D eigenvalue weighted by Crippen LogP contribution is 2.41. The lowest BCUT2D eigenvalue weighted by Gasteiger charge is -2.54. The van der Waals surface area contributed by atoms with Crippen LogP contribution in [0.1, 0.15) is 30.4 Å². The van der Waals surface area contributed by atoms with Crippen LogP contribution in [0.25, 0.3) is 11.1 Å². The number of aromatic nitrogens is 1. The fourth-order valence-corrected chi connectivity index (χ4v) is 5.09. The largest absolute Gasteiger partial charge is 0.341 e. The molecule has 4 heteroatoms. The molecular formula is C28H31N3O. The summed E-state index contributed by atoms with van der Waals surface area (Å²) in [4.78, 5) is 21.3. The number of rotatable bonds is 6. The van der Waals surface area contributed by atoms with Crippen LogP contribution in [-0.2, 0) is 17.8 Å². The third-order valence-corrected chi connectivity index (χ3v) is 7.14. The molecule has 2 saturated heterocycles. The smallest absolute Gasteiger partial charge is 0.222 e. The molecule has 3 aromatic rings. The van der Waals surface area contributed by atoms with Gasteiger partial charge in [0.05, 0.1) is 0 Å². The minimum absolute atomic E-state index is 0.292. The Labute approximate surface area is 190 Å². The highest BCUT2D eigenvalue weighted by Gasteiger charge is 2.46. The van der Waals surface area contributed by atoms with Crippen LogP contribution in [0.2, 0.25) is 0 Å². The highest BCUT2D eigenvalue weighted by atomic mass is 16.2. The van der Waals surface area contributed by atoms with Gasteiger partial charge in [-0.25, -0.2) is 0 Å². The Morgan fingerprint density at radius 2 is 1.56 bits per heavy atom. The van der Waals surface area contributed by atoms with Gasteiger partial charge in [-0.1, -0.05) is 60.7 Å². The van der Waals surface area contributed by atoms with E-state index >= 15 is 0 Å². The Morgan fingerprint density at radius 3 is 2.25 bits per heavy atom. The van der Waals surface area contributed by atoms with E-state index in [1.54, 1.807) is 6.20 Å². The van der Waals surface area contributed by atoms with E-state index in [1.165, 1.54) is 29.5 Å². The molecule has 0 unspecified atom stereocenters. The molecule has 0 N–H and O–H groups in total. The number of amides is 1. The maximum atomic E-state index is 12.6. The van der Waals surface area contributed by atoms with E-state index in [1.807, 2.05) is 18.3 Å². The zero-order valence-corrected chi connectivity index (χ0v) is 18.6. The zero-order chi connectivity index (χ0) is 21.8. The number of aryl methyl sites for hydroxylation is 1. The molecule has 0 bridgehead atoms. The molecule has 2 aliphatic rings. The van der Waals surface area contributed by atoms with Gasteiger partial charge in [0.1, 0.15) is 0 Å². The van der Waals surface area contributed by atoms with Crippen LogP contribution in [0, 0.1) is 5.41 Å². The summed E-state index contributed by atoms with van der Waals surface area (Å²) in [5.41, 5.74) is 5.42. The van der Waals surface area contributed by atoms with Gasteiger partial charge < -0.3 is 4.90 Å². The lowest BCUT2D eigenvalue weighted by atomic mass is 9.71. The molecule has 1 spiro atoms. The minimum atomic E-state index is 0.292. The third kappa shape index (κ3) is 4.76. The van der Waals surface area contributed by atoms with Crippen molar-refractivity contribution in [2.75, 3.05) is 26.2 Å². The van der Waals surface area contributed by atoms with E-state index in [0.29, 0.717) is 17.7 Å². The minimum Gasteiger partial charge on any atom is -0.341 e. The van der Waals surface area contributed by atoms with Gasteiger partial charge in [-0.3, -0.25) is 14.7 Å². The average molecular weight is 426 g/mol. The summed E-state index contributed by atoms with van der Waals surface area (Å²) < 4.78 is 0. The molecule has 3 heterocycles. The lowest BCUT2D eigenvalue weighted by molar-refractivity contribution is -0.146. The monoisotopic (exact) mass is 425 g/mol. The highest BCUT2D eigenvalue weighted by molar-refractivity contribution is 5.77. The van der Waals surface area contributed by atoms with Crippen LogP contribution in [0.3, 0.4) is 0 Å². The second-order valence-electron chi connectivity index (χ2n) is 9.45. The molecule has 2 fully saturated rings. The van der Waals surface area contributed by atoms with Gasteiger partial charge in [-0.05, 0) is 60.7 Å². The van der Waals surface area contributed by atoms with Crippen molar-refractivity contribution in [3.8, 4) is 11.1 Å². The number of carbonyl (C=O) groups excluding carboxylic acids is 1. The molecule has 0 aliphatic carbocycles. The standard InChI is InChI=1S/C28H31N3O/c32-27(13-10-23-5-4-16-29-19-23)31-21-28(22-31)14-17-30(18-15-28)20-24-8-11-26(12-9-24)25-6-2-1-3-7-25/h1-9,11-12,16,19H,10,13-15,17-18,20-22H2. The molecule has 32 heavy (non-hydrogen) atoms. The summed E-state index contributed by atoms with van der Waals surface area (Å²) in [6, 6.07) is 23.5. The molecule has 2 aliphatic heterocycles. The molecule has 1 aromatic heterocycles. The number of benzene rings is 2. The average Bonchev–Trinajstić information content (AvgIpc) is 2.83. The van der Waals surface area contributed by atoms with Gasteiger partial charge in [0.2, 0.25) is 5.91 Å². The maximum absolute atomic E-state index is 12.6. The van der Waals surface area contributed by atoms with E-state index in [-0.39, 0.29) is 0 Å². The fraction of sp³-hybridized carbons (Fsp3) is 0.357. The Morgan fingerprint density at radius 1 is 0.844 bits per heavy atom. The second kappa shape index (κ2) is 9.25. The SMILES string of the molecule is O=C(CCc1cccnc1)N1CC2(CCN(Cc3ccc(-c4ccccc4)cc3)CC2)C1. The number of nitrogens with zero attached hydrogens (tertiary/aromatic N) is 3. The van der Waals surface area contributed by atoms with Gasteiger partial charge in [0, 0.05) is 43.9 Å². The lowest BCUT2D eigenvalue weighted by Crippen LogP contribution is -2.61. The van der Waals surface area contributed by atoms with Crippen LogP contribution in [-0.4, -0.2) is 46.9 Å². The molecule has 0 radical (unpaired) electrons. The number of pyridine rings is 1. The summed E-state index contributed by atoms with van der Waals surface area (Å²) in [6.07, 6.45) is 7.40. The molecule has 2 aromatic carbocycles. The number of piperidine rings is 1. The predicted molar refractivity (Wildman–Crippen MR) is 128 cm³/mol. The Hall–Kier alpha value is -2.98. The van der Waals surface area contributed by atoms with Crippen molar-refractivity contribution in [3.63, 3.8) is 0 Å². The normalized spacial score (nSPS) is 17.8. The van der Waals surface area contributed by atoms with Crippen molar-refractivity contribution in [1.29, 1.82) is 0 Å². The van der Waals surface area contributed by atoms with Crippen molar-refractivity contribution in [3.05, 3.63) is 90.3 Å². The van der Waals surface area contributed by atoms with Crippen molar-refractivity contribution >= 4 is 5.91 Å². The maximum Gasteiger partial charge on any atom is 0.222 e. The molecule has 0 atom stereocenters. The van der Waals surface area contributed by atoms with Crippen LogP contribution < -0.4 is 0 Å². The van der Waals surface area contributed by atoms with E-state index in [0.717, 1.165) is 44.7 Å². The van der Waals surface area contributed by atoms with E-state index < -0.39 is 0 Å². The molecular weight excluding hydrogens is 394 g/mol. The summed E-state index contributed by atoms with van der Waals surface area (Å²) in [5, 5.41) is 0. The summed E-state index contributed by atoms with van der Waals surface area (Å²) >= 11 is 0.